The van der Waals surface area contributed by atoms with Crippen molar-refractivity contribution < 1.29 is 9.53 Å². The first-order chi connectivity index (χ1) is 9.13. The van der Waals surface area contributed by atoms with Crippen LogP contribution in [0.2, 0.25) is 0 Å². The van der Waals surface area contributed by atoms with E-state index in [1.54, 1.807) is 7.11 Å². The van der Waals surface area contributed by atoms with Crippen LogP contribution in [0, 0.1) is 0 Å². The van der Waals surface area contributed by atoms with Gasteiger partial charge in [-0.05, 0) is 38.4 Å². The molecule has 0 aliphatic rings. The Kier molecular flexibility index (Phi) is 6.97. The largest absolute Gasteiger partial charge is 0.496 e. The van der Waals surface area contributed by atoms with E-state index in [4.69, 9.17) is 4.74 Å². The van der Waals surface area contributed by atoms with Gasteiger partial charge in [-0.1, -0.05) is 18.2 Å². The molecule has 0 aliphatic carbocycles. The lowest BCUT2D eigenvalue weighted by Gasteiger charge is -2.10. The Labute approximate surface area is 115 Å². The second-order valence-corrected chi connectivity index (χ2v) is 4.78. The van der Waals surface area contributed by atoms with Crippen molar-refractivity contribution in [1.29, 1.82) is 0 Å². The van der Waals surface area contributed by atoms with Gasteiger partial charge in [-0.3, -0.25) is 4.79 Å². The highest BCUT2D eigenvalue weighted by Gasteiger charge is 2.03. The molecule has 1 aromatic carbocycles. The maximum absolute atomic E-state index is 11.4. The van der Waals surface area contributed by atoms with Gasteiger partial charge in [0.15, 0.2) is 0 Å². The number of carbonyl (C=O) groups is 1. The SMILES string of the molecule is COc1ccccc1CCNCCC(=O)NC(C)C. The van der Waals surface area contributed by atoms with Crippen molar-refractivity contribution in [1.82, 2.24) is 10.6 Å². The molecule has 0 saturated carbocycles. The minimum Gasteiger partial charge on any atom is -0.496 e. The highest BCUT2D eigenvalue weighted by Crippen LogP contribution is 2.17. The topological polar surface area (TPSA) is 50.4 Å². The molecule has 0 spiro atoms. The molecule has 0 saturated heterocycles. The van der Waals surface area contributed by atoms with Crippen LogP contribution >= 0.6 is 0 Å². The smallest absolute Gasteiger partial charge is 0.221 e. The summed E-state index contributed by atoms with van der Waals surface area (Å²) in [6.07, 6.45) is 1.42. The number of para-hydroxylation sites is 1. The summed E-state index contributed by atoms with van der Waals surface area (Å²) >= 11 is 0. The normalized spacial score (nSPS) is 10.5. The van der Waals surface area contributed by atoms with Gasteiger partial charge in [-0.2, -0.15) is 0 Å². The van der Waals surface area contributed by atoms with E-state index in [2.05, 4.69) is 16.7 Å². The van der Waals surface area contributed by atoms with Crippen LogP contribution in [0.4, 0.5) is 0 Å². The summed E-state index contributed by atoms with van der Waals surface area (Å²) in [4.78, 5) is 11.4. The lowest BCUT2D eigenvalue weighted by molar-refractivity contribution is -0.121. The lowest BCUT2D eigenvalue weighted by atomic mass is 10.1. The standard InChI is InChI=1S/C15H24N2O2/c1-12(2)17-15(18)9-11-16-10-8-13-6-4-5-7-14(13)19-3/h4-7,12,16H,8-11H2,1-3H3,(H,17,18). The average molecular weight is 264 g/mol. The average Bonchev–Trinajstić information content (AvgIpc) is 2.38. The Morgan fingerprint density at radius 2 is 2.00 bits per heavy atom. The zero-order valence-electron chi connectivity index (χ0n) is 12.0. The van der Waals surface area contributed by atoms with Crippen molar-refractivity contribution in [3.8, 4) is 5.75 Å². The minimum absolute atomic E-state index is 0.0970. The predicted molar refractivity (Wildman–Crippen MR) is 77.5 cm³/mol. The van der Waals surface area contributed by atoms with Gasteiger partial charge in [0.1, 0.15) is 5.75 Å². The van der Waals surface area contributed by atoms with Crippen LogP contribution in [0.5, 0.6) is 5.75 Å². The molecule has 4 heteroatoms. The molecule has 1 rings (SSSR count). The molecule has 0 heterocycles. The van der Waals surface area contributed by atoms with Gasteiger partial charge < -0.3 is 15.4 Å². The van der Waals surface area contributed by atoms with Gasteiger partial charge in [0.05, 0.1) is 7.11 Å². The molecule has 0 bridgehead atoms. The first-order valence-electron chi connectivity index (χ1n) is 6.75. The monoisotopic (exact) mass is 264 g/mol. The molecule has 1 aromatic rings. The molecular weight excluding hydrogens is 240 g/mol. The van der Waals surface area contributed by atoms with Crippen molar-refractivity contribution in [3.05, 3.63) is 29.8 Å². The third-order valence-corrected chi connectivity index (χ3v) is 2.74. The molecule has 0 fully saturated rings. The fourth-order valence-electron chi connectivity index (χ4n) is 1.85. The molecule has 0 radical (unpaired) electrons. The summed E-state index contributed by atoms with van der Waals surface area (Å²) in [6.45, 7) is 5.48. The van der Waals surface area contributed by atoms with Gasteiger partial charge in [-0.25, -0.2) is 0 Å². The minimum atomic E-state index is 0.0970. The number of hydrogen-bond acceptors (Lipinski definition) is 3. The number of nitrogens with one attached hydrogen (secondary N) is 2. The van der Waals surface area contributed by atoms with Crippen LogP contribution in [0.3, 0.4) is 0 Å². The van der Waals surface area contributed by atoms with Gasteiger partial charge in [0.2, 0.25) is 5.91 Å². The van der Waals surface area contributed by atoms with Crippen LogP contribution in [0.25, 0.3) is 0 Å². The van der Waals surface area contributed by atoms with Gasteiger partial charge in [0, 0.05) is 19.0 Å². The fourth-order valence-corrected chi connectivity index (χ4v) is 1.85. The summed E-state index contributed by atoms with van der Waals surface area (Å²) in [5.41, 5.74) is 1.18. The Balaban J connectivity index is 2.19. The van der Waals surface area contributed by atoms with E-state index in [9.17, 15) is 4.79 Å². The highest BCUT2D eigenvalue weighted by molar-refractivity contribution is 5.76. The number of hydrogen-bond donors (Lipinski definition) is 2. The second-order valence-electron chi connectivity index (χ2n) is 4.78. The number of amides is 1. The van der Waals surface area contributed by atoms with E-state index in [1.165, 1.54) is 5.56 Å². The van der Waals surface area contributed by atoms with E-state index >= 15 is 0 Å². The zero-order chi connectivity index (χ0) is 14.1. The Hall–Kier alpha value is -1.55. The van der Waals surface area contributed by atoms with Crippen molar-refractivity contribution in [3.63, 3.8) is 0 Å². The van der Waals surface area contributed by atoms with Crippen LogP contribution in [0.1, 0.15) is 25.8 Å². The fraction of sp³-hybridized carbons (Fsp3) is 0.533. The molecular formula is C15H24N2O2. The van der Waals surface area contributed by atoms with E-state index in [0.29, 0.717) is 13.0 Å². The molecule has 0 aliphatic heterocycles. The van der Waals surface area contributed by atoms with Crippen molar-refractivity contribution in [2.45, 2.75) is 32.7 Å². The third kappa shape index (κ3) is 6.25. The first kappa shape index (κ1) is 15.5. The molecule has 2 N–H and O–H groups in total. The maximum Gasteiger partial charge on any atom is 0.221 e. The van der Waals surface area contributed by atoms with Crippen LogP contribution in [-0.4, -0.2) is 32.1 Å². The predicted octanol–water partition coefficient (Wildman–Crippen LogP) is 1.74. The quantitative estimate of drug-likeness (QED) is 0.703. The summed E-state index contributed by atoms with van der Waals surface area (Å²) < 4.78 is 5.29. The number of ether oxygens (including phenoxy) is 1. The van der Waals surface area contributed by atoms with E-state index in [-0.39, 0.29) is 11.9 Å². The van der Waals surface area contributed by atoms with Gasteiger partial charge in [-0.15, -0.1) is 0 Å². The first-order valence-corrected chi connectivity index (χ1v) is 6.75. The summed E-state index contributed by atoms with van der Waals surface area (Å²) in [5, 5.41) is 6.14. The number of rotatable bonds is 8. The van der Waals surface area contributed by atoms with Crippen LogP contribution in [-0.2, 0) is 11.2 Å². The lowest BCUT2D eigenvalue weighted by Crippen LogP contribution is -2.32. The summed E-state index contributed by atoms with van der Waals surface area (Å²) in [6, 6.07) is 8.21. The Morgan fingerprint density at radius 1 is 1.26 bits per heavy atom. The summed E-state index contributed by atoms with van der Waals surface area (Å²) in [7, 11) is 1.68. The van der Waals surface area contributed by atoms with Crippen LogP contribution in [0.15, 0.2) is 24.3 Å². The molecule has 19 heavy (non-hydrogen) atoms. The van der Waals surface area contributed by atoms with Crippen molar-refractivity contribution >= 4 is 5.91 Å². The van der Waals surface area contributed by atoms with E-state index < -0.39 is 0 Å². The zero-order valence-corrected chi connectivity index (χ0v) is 12.0. The highest BCUT2D eigenvalue weighted by atomic mass is 16.5. The number of carbonyl (C=O) groups excluding carboxylic acids is 1. The molecule has 0 aromatic heterocycles. The van der Waals surface area contributed by atoms with E-state index in [0.717, 1.165) is 18.7 Å². The molecule has 0 unspecified atom stereocenters. The van der Waals surface area contributed by atoms with Gasteiger partial charge >= 0.3 is 0 Å². The maximum atomic E-state index is 11.4. The van der Waals surface area contributed by atoms with Crippen molar-refractivity contribution in [2.75, 3.05) is 20.2 Å². The third-order valence-electron chi connectivity index (χ3n) is 2.74. The van der Waals surface area contributed by atoms with Crippen molar-refractivity contribution in [2.24, 2.45) is 0 Å². The number of methoxy groups -OCH3 is 1. The van der Waals surface area contributed by atoms with Gasteiger partial charge in [0.25, 0.3) is 0 Å². The Bertz CT molecular complexity index is 391. The Morgan fingerprint density at radius 3 is 2.68 bits per heavy atom. The molecule has 1 amide bonds. The van der Waals surface area contributed by atoms with Crippen LogP contribution < -0.4 is 15.4 Å². The summed E-state index contributed by atoms with van der Waals surface area (Å²) in [5.74, 6) is 1.02. The molecule has 4 nitrogen and oxygen atoms in total. The second kappa shape index (κ2) is 8.53. The molecule has 0 atom stereocenters. The van der Waals surface area contributed by atoms with E-state index in [1.807, 2.05) is 32.0 Å². The number of benzene rings is 1. The molecule has 106 valence electrons.